The largest absolute Gasteiger partial charge is 0.351 e. The van der Waals surface area contributed by atoms with Gasteiger partial charge in [0.05, 0.1) is 16.1 Å². The van der Waals surface area contributed by atoms with Crippen molar-refractivity contribution in [3.63, 3.8) is 0 Å². The van der Waals surface area contributed by atoms with Crippen molar-refractivity contribution in [3.05, 3.63) is 47.3 Å². The smallest absolute Gasteiger partial charge is 0.182 e. The van der Waals surface area contributed by atoms with E-state index in [1.165, 1.54) is 0 Å². The molecule has 0 saturated carbocycles. The number of aromatic amines is 1. The number of benzene rings is 1. The first-order chi connectivity index (χ1) is 7.75. The normalized spacial score (nSPS) is 11.1. The molecule has 0 spiro atoms. The Hall–Kier alpha value is -1.68. The number of hydrogen-bond acceptors (Lipinski definition) is 1. The Labute approximate surface area is 94.4 Å². The molecule has 3 rings (SSSR count). The van der Waals surface area contributed by atoms with Crippen LogP contribution >= 0.6 is 11.3 Å². The summed E-state index contributed by atoms with van der Waals surface area (Å²) < 4.78 is 26.5. The lowest BCUT2D eigenvalue weighted by atomic mass is 10.2. The van der Waals surface area contributed by atoms with Gasteiger partial charge in [0.25, 0.3) is 0 Å². The van der Waals surface area contributed by atoms with Crippen LogP contribution in [0.3, 0.4) is 0 Å². The lowest BCUT2D eigenvalue weighted by Crippen LogP contribution is -1.84. The molecule has 0 radical (unpaired) electrons. The quantitative estimate of drug-likeness (QED) is 0.651. The molecular weight excluding hydrogens is 228 g/mol. The Kier molecular flexibility index (Phi) is 2.04. The molecule has 3 aromatic rings. The first-order valence-electron chi connectivity index (χ1n) is 4.76. The summed E-state index contributed by atoms with van der Waals surface area (Å²) in [5.74, 6) is -1.65. The fraction of sp³-hybridized carbons (Fsp3) is 0. The fourth-order valence-electron chi connectivity index (χ4n) is 1.70. The van der Waals surface area contributed by atoms with Gasteiger partial charge in [0.1, 0.15) is 0 Å². The van der Waals surface area contributed by atoms with Gasteiger partial charge in [-0.05, 0) is 29.6 Å². The van der Waals surface area contributed by atoms with E-state index in [4.69, 9.17) is 0 Å². The van der Waals surface area contributed by atoms with Gasteiger partial charge >= 0.3 is 0 Å². The summed E-state index contributed by atoms with van der Waals surface area (Å²) in [4.78, 5) is 3.91. The van der Waals surface area contributed by atoms with Crippen LogP contribution in [0, 0.1) is 11.6 Å². The number of hydrogen-bond donors (Lipinski definition) is 1. The van der Waals surface area contributed by atoms with Gasteiger partial charge in [-0.2, -0.15) is 0 Å². The molecule has 4 heteroatoms. The topological polar surface area (TPSA) is 15.8 Å². The van der Waals surface area contributed by atoms with Crippen LogP contribution in [-0.4, -0.2) is 4.98 Å². The average molecular weight is 235 g/mol. The van der Waals surface area contributed by atoms with E-state index < -0.39 is 11.6 Å². The second-order valence-electron chi connectivity index (χ2n) is 3.49. The minimum absolute atomic E-state index is 0.225. The van der Waals surface area contributed by atoms with Crippen molar-refractivity contribution in [1.82, 2.24) is 4.98 Å². The Morgan fingerprint density at radius 2 is 2.00 bits per heavy atom. The van der Waals surface area contributed by atoms with Gasteiger partial charge in [0.15, 0.2) is 11.6 Å². The zero-order valence-electron chi connectivity index (χ0n) is 8.13. The van der Waals surface area contributed by atoms with Crippen LogP contribution in [0.2, 0.25) is 0 Å². The first-order valence-corrected chi connectivity index (χ1v) is 5.64. The van der Waals surface area contributed by atoms with Crippen LogP contribution < -0.4 is 0 Å². The highest BCUT2D eigenvalue weighted by Crippen LogP contribution is 2.29. The second kappa shape index (κ2) is 3.42. The maximum Gasteiger partial charge on any atom is 0.182 e. The molecule has 0 unspecified atom stereocenters. The van der Waals surface area contributed by atoms with E-state index in [9.17, 15) is 8.78 Å². The van der Waals surface area contributed by atoms with Gasteiger partial charge in [-0.15, -0.1) is 11.3 Å². The number of nitrogens with one attached hydrogen (secondary N) is 1. The summed E-state index contributed by atoms with van der Waals surface area (Å²) in [5, 5.41) is 2.62. The summed E-state index contributed by atoms with van der Waals surface area (Å²) in [6.07, 6.45) is 0. The zero-order chi connectivity index (χ0) is 11.1. The van der Waals surface area contributed by atoms with Crippen molar-refractivity contribution in [2.75, 3.05) is 0 Å². The van der Waals surface area contributed by atoms with Gasteiger partial charge in [0.2, 0.25) is 0 Å². The minimum Gasteiger partial charge on any atom is -0.351 e. The molecular formula is C12H7F2NS. The lowest BCUT2D eigenvalue weighted by Gasteiger charge is -1.93. The van der Waals surface area contributed by atoms with E-state index >= 15 is 0 Å². The molecule has 0 aliphatic rings. The van der Waals surface area contributed by atoms with Gasteiger partial charge in [-0.25, -0.2) is 8.78 Å². The van der Waals surface area contributed by atoms with Gasteiger partial charge in [0, 0.05) is 5.39 Å². The van der Waals surface area contributed by atoms with Crippen molar-refractivity contribution < 1.29 is 8.78 Å². The van der Waals surface area contributed by atoms with Crippen molar-refractivity contribution in [2.24, 2.45) is 0 Å². The molecule has 0 atom stereocenters. The van der Waals surface area contributed by atoms with E-state index in [1.54, 1.807) is 17.4 Å². The third kappa shape index (κ3) is 1.34. The highest BCUT2D eigenvalue weighted by molar-refractivity contribution is 7.13. The van der Waals surface area contributed by atoms with E-state index in [1.807, 2.05) is 23.6 Å². The Morgan fingerprint density at radius 3 is 2.75 bits per heavy atom. The summed E-state index contributed by atoms with van der Waals surface area (Å²) in [6.45, 7) is 0. The van der Waals surface area contributed by atoms with Gasteiger partial charge in [-0.3, -0.25) is 0 Å². The molecule has 1 nitrogen and oxygen atoms in total. The van der Waals surface area contributed by atoms with Crippen molar-refractivity contribution >= 4 is 22.2 Å². The molecule has 1 aromatic carbocycles. The predicted octanol–water partition coefficient (Wildman–Crippen LogP) is 4.17. The molecule has 80 valence electrons. The molecule has 0 saturated heterocycles. The highest BCUT2D eigenvalue weighted by Gasteiger charge is 2.11. The SMILES string of the molecule is Fc1ccc2cc(-c3cccs3)[nH]c2c1F. The summed E-state index contributed by atoms with van der Waals surface area (Å²) in [5.41, 5.74) is 1.04. The highest BCUT2D eigenvalue weighted by atomic mass is 32.1. The molecule has 0 fully saturated rings. The Balaban J connectivity index is 2.28. The third-order valence-electron chi connectivity index (χ3n) is 2.47. The number of aromatic nitrogens is 1. The second-order valence-corrected chi connectivity index (χ2v) is 4.43. The standard InChI is InChI=1S/C12H7F2NS/c13-8-4-3-7-6-9(10-2-1-5-16-10)15-12(7)11(8)14/h1-6,15H. The molecule has 2 heterocycles. The summed E-state index contributed by atoms with van der Waals surface area (Å²) >= 11 is 1.55. The number of fused-ring (bicyclic) bond motifs is 1. The molecule has 0 bridgehead atoms. The van der Waals surface area contributed by atoms with E-state index in [2.05, 4.69) is 4.98 Å². The summed E-state index contributed by atoms with van der Waals surface area (Å²) in [7, 11) is 0. The van der Waals surface area contributed by atoms with Crippen LogP contribution in [0.4, 0.5) is 8.78 Å². The molecule has 0 aliphatic carbocycles. The minimum atomic E-state index is -0.827. The molecule has 2 aromatic heterocycles. The van der Waals surface area contributed by atoms with Crippen molar-refractivity contribution in [1.29, 1.82) is 0 Å². The maximum atomic E-state index is 13.5. The fourth-order valence-corrected chi connectivity index (χ4v) is 2.40. The molecule has 0 aliphatic heterocycles. The third-order valence-corrected chi connectivity index (χ3v) is 3.38. The van der Waals surface area contributed by atoms with Crippen LogP contribution in [0.5, 0.6) is 0 Å². The number of halogens is 2. The molecule has 1 N–H and O–H groups in total. The molecule has 0 amide bonds. The number of H-pyrrole nitrogens is 1. The van der Waals surface area contributed by atoms with Crippen LogP contribution in [0.1, 0.15) is 0 Å². The van der Waals surface area contributed by atoms with Crippen LogP contribution in [0.25, 0.3) is 21.5 Å². The Morgan fingerprint density at radius 1 is 1.12 bits per heavy atom. The molecule has 16 heavy (non-hydrogen) atoms. The van der Waals surface area contributed by atoms with Crippen LogP contribution in [-0.2, 0) is 0 Å². The predicted molar refractivity (Wildman–Crippen MR) is 61.5 cm³/mol. The van der Waals surface area contributed by atoms with Crippen molar-refractivity contribution in [2.45, 2.75) is 0 Å². The number of thiophene rings is 1. The Bertz CT molecular complexity index is 640. The zero-order valence-corrected chi connectivity index (χ0v) is 8.94. The first kappa shape index (κ1) is 9.54. The monoisotopic (exact) mass is 235 g/mol. The van der Waals surface area contributed by atoms with Crippen molar-refractivity contribution in [3.8, 4) is 10.6 Å². The van der Waals surface area contributed by atoms with Gasteiger partial charge in [-0.1, -0.05) is 6.07 Å². The van der Waals surface area contributed by atoms with Crippen LogP contribution in [0.15, 0.2) is 35.7 Å². The number of rotatable bonds is 1. The van der Waals surface area contributed by atoms with E-state index in [-0.39, 0.29) is 5.52 Å². The lowest BCUT2D eigenvalue weighted by molar-refractivity contribution is 0.515. The van der Waals surface area contributed by atoms with E-state index in [0.717, 1.165) is 16.6 Å². The maximum absolute atomic E-state index is 13.5. The van der Waals surface area contributed by atoms with E-state index in [0.29, 0.717) is 5.39 Å². The van der Waals surface area contributed by atoms with Gasteiger partial charge < -0.3 is 4.98 Å². The average Bonchev–Trinajstić information content (AvgIpc) is 2.91. The summed E-state index contributed by atoms with van der Waals surface area (Å²) in [6, 6.07) is 8.39.